The second-order valence-electron chi connectivity index (χ2n) is 6.20. The van der Waals surface area contributed by atoms with Gasteiger partial charge in [0.1, 0.15) is 12.4 Å². The molecule has 2 N–H and O–H groups in total. The molecule has 0 aliphatic rings. The Morgan fingerprint density at radius 3 is 2.07 bits per heavy atom. The van der Waals surface area contributed by atoms with Crippen molar-refractivity contribution in [2.24, 2.45) is 5.10 Å². The molecule has 0 bridgehead atoms. The number of hydrazone groups is 1. The van der Waals surface area contributed by atoms with Crippen molar-refractivity contribution in [2.75, 3.05) is 6.61 Å². The number of nitrogens with zero attached hydrogens (tertiary/aromatic N) is 1. The van der Waals surface area contributed by atoms with E-state index >= 15 is 0 Å². The van der Waals surface area contributed by atoms with Crippen molar-refractivity contribution in [3.05, 3.63) is 102 Å². The van der Waals surface area contributed by atoms with Gasteiger partial charge in [-0.25, -0.2) is 5.43 Å². The third-order valence-corrected chi connectivity index (χ3v) is 4.29. The summed E-state index contributed by atoms with van der Waals surface area (Å²) < 4.78 is 5.31. The van der Waals surface area contributed by atoms with E-state index in [-0.39, 0.29) is 6.61 Å². The minimum Gasteiger partial charge on any atom is -0.481 e. The first-order chi connectivity index (χ1) is 14.1. The van der Waals surface area contributed by atoms with Gasteiger partial charge in [-0.05, 0) is 41.0 Å². The van der Waals surface area contributed by atoms with Crippen molar-refractivity contribution < 1.29 is 14.6 Å². The van der Waals surface area contributed by atoms with Gasteiger partial charge in [0, 0.05) is 0 Å². The number of amides is 1. The molecule has 0 saturated carbocycles. The van der Waals surface area contributed by atoms with Crippen LogP contribution < -0.4 is 10.2 Å². The van der Waals surface area contributed by atoms with Crippen molar-refractivity contribution >= 4 is 12.1 Å². The van der Waals surface area contributed by atoms with Gasteiger partial charge in [-0.1, -0.05) is 66.6 Å². The first-order valence-corrected chi connectivity index (χ1v) is 8.98. The maximum absolute atomic E-state index is 12.9. The highest BCUT2D eigenvalue weighted by Crippen LogP contribution is 2.29. The fourth-order valence-electron chi connectivity index (χ4n) is 2.81. The molecule has 0 unspecified atom stereocenters. The van der Waals surface area contributed by atoms with Crippen molar-refractivity contribution in [2.45, 2.75) is 5.60 Å². The molecule has 3 aromatic rings. The Bertz CT molecular complexity index is 968. The quantitative estimate of drug-likeness (QED) is 0.374. The Morgan fingerprint density at radius 1 is 1.00 bits per heavy atom. The first-order valence-electron chi connectivity index (χ1n) is 8.98. The van der Waals surface area contributed by atoms with Crippen molar-refractivity contribution in [3.63, 3.8) is 0 Å². The summed E-state index contributed by atoms with van der Waals surface area (Å²) in [6.45, 7) is 0.195. The molecule has 3 aromatic carbocycles. The molecule has 0 aliphatic heterocycles. The van der Waals surface area contributed by atoms with Crippen LogP contribution in [0.3, 0.4) is 0 Å². The zero-order chi connectivity index (χ0) is 20.5. The van der Waals surface area contributed by atoms with Crippen LogP contribution in [0.2, 0.25) is 0 Å². The third-order valence-electron chi connectivity index (χ3n) is 4.29. The minimum atomic E-state index is -1.87. The maximum atomic E-state index is 12.9. The molecule has 0 atom stereocenters. The molecular weight excluding hydrogens is 364 g/mol. The number of hydrogen-bond donors (Lipinski definition) is 2. The zero-order valence-electron chi connectivity index (χ0n) is 15.7. The van der Waals surface area contributed by atoms with Crippen LogP contribution in [0.4, 0.5) is 0 Å². The molecule has 29 heavy (non-hydrogen) atoms. The molecule has 1 amide bonds. The van der Waals surface area contributed by atoms with Gasteiger partial charge in [0.25, 0.3) is 5.91 Å². The first kappa shape index (κ1) is 19.9. The Kier molecular flexibility index (Phi) is 6.41. The molecule has 0 saturated heterocycles. The van der Waals surface area contributed by atoms with Crippen molar-refractivity contribution in [1.82, 2.24) is 5.43 Å². The molecule has 5 nitrogen and oxygen atoms in total. The summed E-state index contributed by atoms with van der Waals surface area (Å²) in [5.41, 5.74) is 2.23. The summed E-state index contributed by atoms with van der Waals surface area (Å²) in [6, 6.07) is 24.6. The average Bonchev–Trinajstić information content (AvgIpc) is 2.79. The van der Waals surface area contributed by atoms with E-state index in [2.05, 4.69) is 16.4 Å². The number of rotatable bonds is 7. The van der Waals surface area contributed by atoms with E-state index < -0.39 is 11.5 Å². The summed E-state index contributed by atoms with van der Waals surface area (Å²) in [4.78, 5) is 12.9. The van der Waals surface area contributed by atoms with E-state index in [0.29, 0.717) is 16.9 Å². The van der Waals surface area contributed by atoms with Gasteiger partial charge in [-0.3, -0.25) is 4.79 Å². The maximum Gasteiger partial charge on any atom is 0.281 e. The summed E-state index contributed by atoms with van der Waals surface area (Å²) >= 11 is 0. The molecule has 0 aliphatic carbocycles. The molecule has 5 heteroatoms. The Morgan fingerprint density at radius 2 is 1.55 bits per heavy atom. The fourth-order valence-corrected chi connectivity index (χ4v) is 2.81. The van der Waals surface area contributed by atoms with Crippen LogP contribution in [-0.2, 0) is 10.4 Å². The zero-order valence-corrected chi connectivity index (χ0v) is 15.7. The van der Waals surface area contributed by atoms with Crippen molar-refractivity contribution in [3.8, 4) is 18.1 Å². The van der Waals surface area contributed by atoms with Gasteiger partial charge in [0.2, 0.25) is 0 Å². The molecular formula is C24H20N2O3. The van der Waals surface area contributed by atoms with Crippen LogP contribution in [0.15, 0.2) is 90.0 Å². The van der Waals surface area contributed by atoms with E-state index in [1.54, 1.807) is 72.8 Å². The lowest BCUT2D eigenvalue weighted by atomic mass is 9.85. The SMILES string of the molecule is C#CCOc1ccc(/C=N\NC(=O)C(O)(c2ccccc2)c2ccccc2)cc1. The molecule has 0 aromatic heterocycles. The predicted molar refractivity (Wildman–Crippen MR) is 112 cm³/mol. The van der Waals surface area contributed by atoms with E-state index in [9.17, 15) is 9.90 Å². The second kappa shape index (κ2) is 9.36. The van der Waals surface area contributed by atoms with Crippen LogP contribution in [0.25, 0.3) is 0 Å². The highest BCUT2D eigenvalue weighted by molar-refractivity contribution is 5.91. The third kappa shape index (κ3) is 4.70. The predicted octanol–water partition coefficient (Wildman–Crippen LogP) is 3.08. The molecule has 144 valence electrons. The van der Waals surface area contributed by atoms with Crippen LogP contribution in [0, 0.1) is 12.3 Å². The topological polar surface area (TPSA) is 70.9 Å². The van der Waals surface area contributed by atoms with Crippen LogP contribution in [-0.4, -0.2) is 23.8 Å². The number of hydrogen-bond acceptors (Lipinski definition) is 4. The lowest BCUT2D eigenvalue weighted by molar-refractivity contribution is -0.136. The van der Waals surface area contributed by atoms with Crippen LogP contribution >= 0.6 is 0 Å². The number of carbonyl (C=O) groups excluding carboxylic acids is 1. The standard InChI is InChI=1S/C24H20N2O3/c1-2-17-29-22-15-13-19(14-16-22)18-25-26-23(27)24(28,20-9-5-3-6-10-20)21-11-7-4-8-12-21/h1,3-16,18,28H,17H2,(H,26,27)/b25-18-. The molecule has 0 spiro atoms. The largest absolute Gasteiger partial charge is 0.481 e. The second-order valence-corrected chi connectivity index (χ2v) is 6.20. The van der Waals surface area contributed by atoms with Gasteiger partial charge in [-0.15, -0.1) is 6.42 Å². The molecule has 3 rings (SSSR count). The summed E-state index contributed by atoms with van der Waals surface area (Å²) in [5.74, 6) is 2.39. The van der Waals surface area contributed by atoms with Crippen LogP contribution in [0.1, 0.15) is 16.7 Å². The normalized spacial score (nSPS) is 11.0. The van der Waals surface area contributed by atoms with E-state index in [1.165, 1.54) is 6.21 Å². The van der Waals surface area contributed by atoms with Gasteiger partial charge in [0.15, 0.2) is 5.60 Å². The lowest BCUT2D eigenvalue weighted by Crippen LogP contribution is -2.43. The number of ether oxygens (including phenoxy) is 1. The van der Waals surface area contributed by atoms with Gasteiger partial charge in [0.05, 0.1) is 6.21 Å². The Hall–Kier alpha value is -3.88. The minimum absolute atomic E-state index is 0.195. The number of carbonyl (C=O) groups is 1. The number of aliphatic hydroxyl groups is 1. The van der Waals surface area contributed by atoms with Gasteiger partial charge >= 0.3 is 0 Å². The number of nitrogens with one attached hydrogen (secondary N) is 1. The number of terminal acetylenes is 1. The van der Waals surface area contributed by atoms with Gasteiger partial charge < -0.3 is 9.84 Å². The fraction of sp³-hybridized carbons (Fsp3) is 0.0833. The summed E-state index contributed by atoms with van der Waals surface area (Å²) in [6.07, 6.45) is 6.65. The Balaban J connectivity index is 1.77. The smallest absolute Gasteiger partial charge is 0.281 e. The molecule has 0 fully saturated rings. The van der Waals surface area contributed by atoms with Gasteiger partial charge in [-0.2, -0.15) is 5.10 Å². The Labute approximate surface area is 169 Å². The van der Waals surface area contributed by atoms with E-state index in [1.807, 2.05) is 12.1 Å². The number of benzene rings is 3. The highest BCUT2D eigenvalue weighted by atomic mass is 16.5. The molecule has 0 radical (unpaired) electrons. The summed E-state index contributed by atoms with van der Waals surface area (Å²) in [7, 11) is 0. The van der Waals surface area contributed by atoms with E-state index in [4.69, 9.17) is 11.2 Å². The lowest BCUT2D eigenvalue weighted by Gasteiger charge is -2.27. The van der Waals surface area contributed by atoms with Crippen molar-refractivity contribution in [1.29, 1.82) is 0 Å². The highest BCUT2D eigenvalue weighted by Gasteiger charge is 2.39. The average molecular weight is 384 g/mol. The van der Waals surface area contributed by atoms with Crippen LogP contribution in [0.5, 0.6) is 5.75 Å². The van der Waals surface area contributed by atoms with E-state index in [0.717, 1.165) is 5.56 Å². The monoisotopic (exact) mass is 384 g/mol. The summed E-state index contributed by atoms with van der Waals surface area (Å²) in [5, 5.41) is 15.3. The molecule has 0 heterocycles.